The lowest BCUT2D eigenvalue weighted by Crippen LogP contribution is -2.08. The zero-order valence-corrected chi connectivity index (χ0v) is 40.8. The molecular formula is C67H33F3N8. The molecule has 0 aliphatic carbocycles. The van der Waals surface area contributed by atoms with E-state index in [0.29, 0.717) is 105 Å². The second-order valence-electron chi connectivity index (χ2n) is 18.6. The highest BCUT2D eigenvalue weighted by molar-refractivity contribution is 6.14. The molecule has 8 nitrogen and oxygen atoms in total. The fourth-order valence-electron chi connectivity index (χ4n) is 10.9. The van der Waals surface area contributed by atoms with E-state index in [1.54, 1.807) is 60.7 Å². The monoisotopic (exact) mass is 1010 g/mol. The second-order valence-corrected chi connectivity index (χ2v) is 18.6. The van der Waals surface area contributed by atoms with Crippen LogP contribution in [0.2, 0.25) is 0 Å². The molecule has 0 unspecified atom stereocenters. The summed E-state index contributed by atoms with van der Waals surface area (Å²) in [4.78, 5) is 0. The summed E-state index contributed by atoms with van der Waals surface area (Å²) in [6.45, 7) is 0. The number of hydrogen-bond acceptors (Lipinski definition) is 6. The van der Waals surface area contributed by atoms with Crippen LogP contribution in [0.1, 0.15) is 38.9 Å². The van der Waals surface area contributed by atoms with Gasteiger partial charge in [-0.2, -0.15) is 44.7 Å². The highest BCUT2D eigenvalue weighted by atomic mass is 19.4. The Kier molecular flexibility index (Phi) is 11.4. The summed E-state index contributed by atoms with van der Waals surface area (Å²) in [5, 5.41) is 66.5. The van der Waals surface area contributed by atoms with Crippen molar-refractivity contribution in [2.24, 2.45) is 0 Å². The predicted octanol–water partition coefficient (Wildman–Crippen LogP) is 16.5. The number of alkyl halides is 3. The van der Waals surface area contributed by atoms with Crippen LogP contribution in [-0.4, -0.2) is 9.13 Å². The van der Waals surface area contributed by atoms with E-state index < -0.39 is 11.7 Å². The number of nitriles is 6. The molecule has 0 saturated heterocycles. The molecule has 78 heavy (non-hydrogen) atoms. The lowest BCUT2D eigenvalue weighted by molar-refractivity contribution is -0.137. The van der Waals surface area contributed by atoms with Gasteiger partial charge in [-0.05, 0) is 123 Å². The van der Waals surface area contributed by atoms with Gasteiger partial charge < -0.3 is 9.13 Å². The molecule has 0 aliphatic heterocycles. The van der Waals surface area contributed by atoms with Gasteiger partial charge in [0.05, 0.1) is 97.2 Å². The first-order valence-corrected chi connectivity index (χ1v) is 24.4. The Bertz CT molecular complexity index is 4590. The van der Waals surface area contributed by atoms with Crippen LogP contribution in [-0.2, 0) is 6.18 Å². The number of rotatable bonds is 7. The van der Waals surface area contributed by atoms with Crippen molar-refractivity contribution >= 4 is 43.6 Å². The quantitative estimate of drug-likeness (QED) is 0.155. The molecule has 11 heteroatoms. The molecule has 0 saturated carbocycles. The van der Waals surface area contributed by atoms with Crippen molar-refractivity contribution in [1.82, 2.24) is 9.13 Å². The van der Waals surface area contributed by atoms with E-state index in [0.717, 1.165) is 22.9 Å². The first kappa shape index (κ1) is 47.5. The molecule has 0 N–H and O–H groups in total. The van der Waals surface area contributed by atoms with E-state index in [1.807, 2.05) is 137 Å². The average molecular weight is 1010 g/mol. The van der Waals surface area contributed by atoms with Crippen LogP contribution in [0.5, 0.6) is 0 Å². The molecule has 2 heterocycles. The first-order valence-electron chi connectivity index (χ1n) is 24.4. The summed E-state index contributed by atoms with van der Waals surface area (Å²) in [7, 11) is 0. The van der Waals surface area contributed by atoms with Gasteiger partial charge in [0.15, 0.2) is 0 Å². The van der Waals surface area contributed by atoms with Crippen LogP contribution in [0, 0.1) is 68.0 Å². The summed E-state index contributed by atoms with van der Waals surface area (Å²) in [5.41, 5.74) is 8.81. The summed E-state index contributed by atoms with van der Waals surface area (Å²) in [6, 6.07) is 72.0. The smallest absolute Gasteiger partial charge is 0.308 e. The summed E-state index contributed by atoms with van der Waals surface area (Å²) in [5.74, 6) is 0. The van der Waals surface area contributed by atoms with Gasteiger partial charge in [0.25, 0.3) is 0 Å². The normalized spacial score (nSPS) is 11.2. The van der Waals surface area contributed by atoms with Crippen molar-refractivity contribution in [3.8, 4) is 103 Å². The molecule has 0 fully saturated rings. The maximum atomic E-state index is 15.0. The SMILES string of the molecule is N#Cc1cc(-c2ccc(-n3c4cc(-c5ccccc5C#N)ccc4c4ccc(-c5ccccc5C#N)cc43)c(C#N)c2-n2c3cc(-c4ccccc4C#N)ccc3c3ccc(-c4ccccc4C#N)cc32)cc(C(F)(F)F)c1. The van der Waals surface area contributed by atoms with Gasteiger partial charge in [0, 0.05) is 27.1 Å². The van der Waals surface area contributed by atoms with E-state index >= 15 is 0 Å². The molecule has 0 radical (unpaired) electrons. The zero-order valence-electron chi connectivity index (χ0n) is 40.8. The van der Waals surface area contributed by atoms with Crippen molar-refractivity contribution in [1.29, 1.82) is 31.6 Å². The highest BCUT2D eigenvalue weighted by Gasteiger charge is 2.33. The molecule has 362 valence electrons. The Morgan fingerprint density at radius 3 is 1.04 bits per heavy atom. The van der Waals surface area contributed by atoms with Crippen molar-refractivity contribution < 1.29 is 13.2 Å². The standard InChI is InChI=1S/C67H33F3N8/c68-67(69,70)50-28-40(34-71)27-49(29-50)55-25-26-61(77-62-30-41(51-13-5-1-9-45(51)35-72)17-21-56(62)57-22-18-42(31-63(57)77)52-14-6-2-10-46(52)36-73)60(39-76)66(55)78-64-32-43(53-15-7-3-11-47(53)37-74)19-23-58(64)59-24-20-44(33-65(59)78)54-16-8-4-12-48(54)38-75/h1-33H. The minimum absolute atomic E-state index is 0.0133. The third kappa shape index (κ3) is 7.73. The third-order valence-corrected chi connectivity index (χ3v) is 14.4. The van der Waals surface area contributed by atoms with Crippen molar-refractivity contribution in [3.05, 3.63) is 239 Å². The molecule has 12 rings (SSSR count). The number of nitrogens with zero attached hydrogens (tertiary/aromatic N) is 8. The Hall–Kier alpha value is -11.5. The van der Waals surface area contributed by atoms with Crippen LogP contribution in [0.3, 0.4) is 0 Å². The van der Waals surface area contributed by atoms with Gasteiger partial charge in [0.2, 0.25) is 0 Å². The molecular weight excluding hydrogens is 974 g/mol. The molecule has 0 spiro atoms. The largest absolute Gasteiger partial charge is 0.416 e. The number of aromatic nitrogens is 2. The topological polar surface area (TPSA) is 153 Å². The summed E-state index contributed by atoms with van der Waals surface area (Å²) in [6.07, 6.45) is -4.86. The van der Waals surface area contributed by atoms with Gasteiger partial charge >= 0.3 is 6.18 Å². The summed E-state index contributed by atoms with van der Waals surface area (Å²) < 4.78 is 48.7. The van der Waals surface area contributed by atoms with E-state index in [-0.39, 0.29) is 27.9 Å². The average Bonchev–Trinajstić information content (AvgIpc) is 4.07. The van der Waals surface area contributed by atoms with Crippen molar-refractivity contribution in [2.75, 3.05) is 0 Å². The molecule has 0 amide bonds. The number of fused-ring (bicyclic) bond motifs is 6. The first-order chi connectivity index (χ1) is 38.0. The maximum Gasteiger partial charge on any atom is 0.416 e. The van der Waals surface area contributed by atoms with Gasteiger partial charge in [0.1, 0.15) is 11.6 Å². The molecule has 0 aliphatic rings. The van der Waals surface area contributed by atoms with Crippen LogP contribution >= 0.6 is 0 Å². The lowest BCUT2D eigenvalue weighted by Gasteiger charge is -2.21. The van der Waals surface area contributed by atoms with Crippen LogP contribution in [0.25, 0.3) is 111 Å². The zero-order chi connectivity index (χ0) is 53.8. The van der Waals surface area contributed by atoms with E-state index in [4.69, 9.17) is 0 Å². The van der Waals surface area contributed by atoms with Gasteiger partial charge in [-0.15, -0.1) is 0 Å². The van der Waals surface area contributed by atoms with E-state index in [2.05, 4.69) is 30.3 Å². The van der Waals surface area contributed by atoms with Crippen LogP contribution in [0.15, 0.2) is 200 Å². The molecule has 12 aromatic rings. The number of hydrogen-bond donors (Lipinski definition) is 0. The van der Waals surface area contributed by atoms with Crippen LogP contribution < -0.4 is 0 Å². The third-order valence-electron chi connectivity index (χ3n) is 14.4. The van der Waals surface area contributed by atoms with Gasteiger partial charge in [-0.3, -0.25) is 0 Å². The molecule has 0 atom stereocenters. The number of benzene rings is 10. The van der Waals surface area contributed by atoms with Crippen LogP contribution in [0.4, 0.5) is 13.2 Å². The van der Waals surface area contributed by atoms with Crippen molar-refractivity contribution in [2.45, 2.75) is 6.18 Å². The molecule has 2 aromatic heterocycles. The lowest BCUT2D eigenvalue weighted by atomic mass is 9.94. The Morgan fingerprint density at radius 2 is 0.692 bits per heavy atom. The van der Waals surface area contributed by atoms with E-state index in [1.165, 1.54) is 6.07 Å². The Morgan fingerprint density at radius 1 is 0.321 bits per heavy atom. The van der Waals surface area contributed by atoms with Gasteiger partial charge in [-0.1, -0.05) is 127 Å². The fourth-order valence-corrected chi connectivity index (χ4v) is 10.9. The maximum absolute atomic E-state index is 15.0. The van der Waals surface area contributed by atoms with Crippen molar-refractivity contribution in [3.63, 3.8) is 0 Å². The minimum Gasteiger partial charge on any atom is -0.308 e. The summed E-state index contributed by atoms with van der Waals surface area (Å²) >= 11 is 0. The highest BCUT2D eigenvalue weighted by Crippen LogP contribution is 2.46. The predicted molar refractivity (Wildman–Crippen MR) is 296 cm³/mol. The molecule has 0 bridgehead atoms. The Balaban J connectivity index is 1.28. The second kappa shape index (κ2) is 18.8. The number of halogens is 3. The fraction of sp³-hybridized carbons (Fsp3) is 0.0149. The minimum atomic E-state index is -4.86. The Labute approximate surface area is 444 Å². The van der Waals surface area contributed by atoms with Gasteiger partial charge in [-0.25, -0.2) is 0 Å². The molecule has 10 aromatic carbocycles. The van der Waals surface area contributed by atoms with E-state index in [9.17, 15) is 44.7 Å².